The Morgan fingerprint density at radius 2 is 1.94 bits per heavy atom. The Hall–Kier alpha value is -1.35. The molecule has 0 radical (unpaired) electrons. The molecule has 0 N–H and O–H groups in total. The first-order chi connectivity index (χ1) is 8.16. The maximum Gasteiger partial charge on any atom is 0.216 e. The predicted octanol–water partition coefficient (Wildman–Crippen LogP) is 4.29. The monoisotopic (exact) mass is 291 g/mol. The lowest BCUT2D eigenvalue weighted by Crippen LogP contribution is -2.05. The molecule has 88 valence electrons. The van der Waals surface area contributed by atoms with E-state index in [1.54, 1.807) is 6.20 Å². The number of pyridine rings is 1. The van der Waals surface area contributed by atoms with Gasteiger partial charge in [-0.2, -0.15) is 0 Å². The Morgan fingerprint density at radius 1 is 1.24 bits per heavy atom. The Bertz CT molecular complexity index is 499. The Kier molecular flexibility index (Phi) is 3.79. The van der Waals surface area contributed by atoms with Crippen LogP contribution in [0.1, 0.15) is 24.2 Å². The summed E-state index contributed by atoms with van der Waals surface area (Å²) < 4.78 is 6.82. The van der Waals surface area contributed by atoms with E-state index in [-0.39, 0.29) is 6.10 Å². The highest BCUT2D eigenvalue weighted by Crippen LogP contribution is 2.24. The Balaban J connectivity index is 2.16. The molecule has 1 aromatic carbocycles. The van der Waals surface area contributed by atoms with Crippen molar-refractivity contribution >= 4 is 15.9 Å². The van der Waals surface area contributed by atoms with E-state index < -0.39 is 0 Å². The summed E-state index contributed by atoms with van der Waals surface area (Å²) in [5.41, 5.74) is 2.18. The SMILES string of the molecule is Cc1cc(Br)cnc1OC(C)c1ccccc1. The summed E-state index contributed by atoms with van der Waals surface area (Å²) >= 11 is 3.39. The van der Waals surface area contributed by atoms with Crippen LogP contribution >= 0.6 is 15.9 Å². The maximum atomic E-state index is 5.85. The third kappa shape index (κ3) is 3.07. The number of ether oxygens (including phenoxy) is 1. The first-order valence-electron chi connectivity index (χ1n) is 5.50. The van der Waals surface area contributed by atoms with Crippen LogP contribution in [0.4, 0.5) is 0 Å². The standard InChI is InChI=1S/C14H14BrNO/c1-10-8-13(15)9-16-14(10)17-11(2)12-6-4-3-5-7-12/h3-9,11H,1-2H3. The van der Waals surface area contributed by atoms with Gasteiger partial charge in [-0.3, -0.25) is 0 Å². The zero-order chi connectivity index (χ0) is 12.3. The fourth-order valence-electron chi connectivity index (χ4n) is 1.61. The largest absolute Gasteiger partial charge is 0.470 e. The lowest BCUT2D eigenvalue weighted by atomic mass is 10.1. The molecule has 0 saturated carbocycles. The highest BCUT2D eigenvalue weighted by atomic mass is 79.9. The number of nitrogens with zero attached hydrogens (tertiary/aromatic N) is 1. The normalized spacial score (nSPS) is 12.2. The topological polar surface area (TPSA) is 22.1 Å². The van der Waals surface area contributed by atoms with Gasteiger partial charge >= 0.3 is 0 Å². The van der Waals surface area contributed by atoms with Crippen molar-refractivity contribution in [2.24, 2.45) is 0 Å². The van der Waals surface area contributed by atoms with Gasteiger partial charge in [-0.1, -0.05) is 30.3 Å². The molecule has 1 heterocycles. The lowest BCUT2D eigenvalue weighted by Gasteiger charge is -2.15. The Labute approximate surface area is 110 Å². The van der Waals surface area contributed by atoms with E-state index in [0.29, 0.717) is 5.88 Å². The summed E-state index contributed by atoms with van der Waals surface area (Å²) in [5.74, 6) is 0.685. The van der Waals surface area contributed by atoms with Gasteiger partial charge in [-0.25, -0.2) is 4.98 Å². The van der Waals surface area contributed by atoms with Crippen LogP contribution in [0.15, 0.2) is 47.1 Å². The molecule has 0 fully saturated rings. The van der Waals surface area contributed by atoms with Crippen LogP contribution in [0, 0.1) is 6.92 Å². The van der Waals surface area contributed by atoms with E-state index in [4.69, 9.17) is 4.74 Å². The van der Waals surface area contributed by atoms with E-state index in [1.165, 1.54) is 0 Å². The van der Waals surface area contributed by atoms with E-state index in [0.717, 1.165) is 15.6 Å². The molecule has 0 amide bonds. The summed E-state index contributed by atoms with van der Waals surface area (Å²) in [6.07, 6.45) is 1.75. The summed E-state index contributed by atoms with van der Waals surface area (Å²) in [5, 5.41) is 0. The molecular formula is C14H14BrNO. The van der Waals surface area contributed by atoms with Gasteiger partial charge in [0.2, 0.25) is 5.88 Å². The van der Waals surface area contributed by atoms with Gasteiger partial charge in [0.1, 0.15) is 6.10 Å². The minimum Gasteiger partial charge on any atom is -0.470 e. The summed E-state index contributed by atoms with van der Waals surface area (Å²) in [4.78, 5) is 4.27. The van der Waals surface area contributed by atoms with Crippen molar-refractivity contribution in [2.75, 3.05) is 0 Å². The molecule has 2 nitrogen and oxygen atoms in total. The molecule has 1 aromatic heterocycles. The minimum atomic E-state index is 0.00331. The Morgan fingerprint density at radius 3 is 2.59 bits per heavy atom. The number of hydrogen-bond donors (Lipinski definition) is 0. The number of hydrogen-bond acceptors (Lipinski definition) is 2. The van der Waals surface area contributed by atoms with Crippen molar-refractivity contribution in [3.05, 3.63) is 58.2 Å². The summed E-state index contributed by atoms with van der Waals surface area (Å²) in [7, 11) is 0. The fraction of sp³-hybridized carbons (Fsp3) is 0.214. The molecule has 3 heteroatoms. The molecule has 0 saturated heterocycles. The van der Waals surface area contributed by atoms with E-state index in [2.05, 4.69) is 33.0 Å². The molecule has 1 unspecified atom stereocenters. The molecule has 0 spiro atoms. The van der Waals surface area contributed by atoms with Crippen LogP contribution in [-0.4, -0.2) is 4.98 Å². The zero-order valence-electron chi connectivity index (χ0n) is 9.85. The molecule has 2 aromatic rings. The molecule has 17 heavy (non-hydrogen) atoms. The van der Waals surface area contributed by atoms with Crippen molar-refractivity contribution < 1.29 is 4.74 Å². The number of benzene rings is 1. The lowest BCUT2D eigenvalue weighted by molar-refractivity contribution is 0.215. The number of aryl methyl sites for hydroxylation is 1. The number of rotatable bonds is 3. The van der Waals surface area contributed by atoms with Gasteiger partial charge in [0.25, 0.3) is 0 Å². The second kappa shape index (κ2) is 5.32. The van der Waals surface area contributed by atoms with E-state index >= 15 is 0 Å². The average Bonchev–Trinajstić information content (AvgIpc) is 2.34. The van der Waals surface area contributed by atoms with E-state index in [1.807, 2.05) is 38.1 Å². The van der Waals surface area contributed by atoms with Gasteiger partial charge in [0.05, 0.1) is 0 Å². The minimum absolute atomic E-state index is 0.00331. The van der Waals surface area contributed by atoms with Crippen molar-refractivity contribution in [2.45, 2.75) is 20.0 Å². The molecule has 2 rings (SSSR count). The summed E-state index contributed by atoms with van der Waals surface area (Å²) in [6.45, 7) is 4.02. The van der Waals surface area contributed by atoms with Crippen LogP contribution in [0.2, 0.25) is 0 Å². The van der Waals surface area contributed by atoms with Crippen molar-refractivity contribution in [1.29, 1.82) is 0 Å². The highest BCUT2D eigenvalue weighted by Gasteiger charge is 2.09. The third-order valence-electron chi connectivity index (χ3n) is 2.55. The second-order valence-corrected chi connectivity index (χ2v) is 4.86. The van der Waals surface area contributed by atoms with Crippen LogP contribution in [-0.2, 0) is 0 Å². The van der Waals surface area contributed by atoms with Crippen LogP contribution in [0.3, 0.4) is 0 Å². The molecule has 0 aliphatic carbocycles. The predicted molar refractivity (Wildman–Crippen MR) is 72.2 cm³/mol. The molecule has 0 aliphatic heterocycles. The van der Waals surface area contributed by atoms with Crippen molar-refractivity contribution in [3.8, 4) is 5.88 Å². The number of aromatic nitrogens is 1. The molecule has 1 atom stereocenters. The highest BCUT2D eigenvalue weighted by molar-refractivity contribution is 9.10. The van der Waals surface area contributed by atoms with Crippen LogP contribution < -0.4 is 4.74 Å². The molecular weight excluding hydrogens is 278 g/mol. The van der Waals surface area contributed by atoms with E-state index in [9.17, 15) is 0 Å². The summed E-state index contributed by atoms with van der Waals surface area (Å²) in [6, 6.07) is 12.1. The van der Waals surface area contributed by atoms with Crippen LogP contribution in [0.5, 0.6) is 5.88 Å². The van der Waals surface area contributed by atoms with Gasteiger partial charge in [0, 0.05) is 16.2 Å². The van der Waals surface area contributed by atoms with Crippen LogP contribution in [0.25, 0.3) is 0 Å². The number of halogens is 1. The maximum absolute atomic E-state index is 5.85. The third-order valence-corrected chi connectivity index (χ3v) is 2.99. The smallest absolute Gasteiger partial charge is 0.216 e. The first-order valence-corrected chi connectivity index (χ1v) is 6.30. The van der Waals surface area contributed by atoms with Crippen molar-refractivity contribution in [1.82, 2.24) is 4.98 Å². The van der Waals surface area contributed by atoms with Gasteiger partial charge < -0.3 is 4.74 Å². The van der Waals surface area contributed by atoms with Crippen molar-refractivity contribution in [3.63, 3.8) is 0 Å². The van der Waals surface area contributed by atoms with Gasteiger partial charge in [0.15, 0.2) is 0 Å². The zero-order valence-corrected chi connectivity index (χ0v) is 11.4. The second-order valence-electron chi connectivity index (χ2n) is 3.95. The fourth-order valence-corrected chi connectivity index (χ4v) is 2.06. The first kappa shape index (κ1) is 12.1. The molecule has 0 aliphatic rings. The van der Waals surface area contributed by atoms with Gasteiger partial charge in [-0.15, -0.1) is 0 Å². The average molecular weight is 292 g/mol. The molecule has 0 bridgehead atoms. The van der Waals surface area contributed by atoms with Gasteiger partial charge in [-0.05, 0) is 41.4 Å². The quantitative estimate of drug-likeness (QED) is 0.841.